The number of hydrazine groups is 1. The first-order valence-corrected chi connectivity index (χ1v) is 11.7. The molecule has 0 radical (unpaired) electrons. The molecule has 176 valence electrons. The van der Waals surface area contributed by atoms with E-state index in [4.69, 9.17) is 0 Å². The van der Waals surface area contributed by atoms with Gasteiger partial charge in [-0.05, 0) is 31.2 Å². The molecular weight excluding hydrogens is 422 g/mol. The number of likely N-dealkylation sites (tertiary alicyclic amines) is 1. The zero-order valence-electron chi connectivity index (χ0n) is 19.3. The number of carbonyl (C=O) groups excluding carboxylic acids is 3. The molecule has 1 aromatic carbocycles. The number of fused-ring (bicyclic) bond motifs is 1. The summed E-state index contributed by atoms with van der Waals surface area (Å²) in [6, 6.07) is 6.91. The molecule has 0 bridgehead atoms. The Balaban J connectivity index is 1.43. The molecule has 0 spiro atoms. The van der Waals surface area contributed by atoms with E-state index in [0.29, 0.717) is 35.7 Å². The van der Waals surface area contributed by atoms with E-state index < -0.39 is 17.7 Å². The van der Waals surface area contributed by atoms with Crippen molar-refractivity contribution < 1.29 is 14.4 Å². The summed E-state index contributed by atoms with van der Waals surface area (Å²) in [5.74, 6) is -0.580. The van der Waals surface area contributed by atoms with Crippen LogP contribution in [0.5, 0.6) is 0 Å². The minimum atomic E-state index is -0.613. The fourth-order valence-corrected chi connectivity index (χ4v) is 5.12. The van der Waals surface area contributed by atoms with Crippen LogP contribution in [0.15, 0.2) is 29.1 Å². The van der Waals surface area contributed by atoms with Crippen molar-refractivity contribution in [3.8, 4) is 0 Å². The number of rotatable bonds is 4. The summed E-state index contributed by atoms with van der Waals surface area (Å²) in [5, 5.41) is 4.98. The molecule has 4 atom stereocenters. The van der Waals surface area contributed by atoms with E-state index in [1.807, 2.05) is 4.90 Å². The molecule has 2 heterocycles. The van der Waals surface area contributed by atoms with Gasteiger partial charge in [0.25, 0.3) is 11.5 Å². The highest BCUT2D eigenvalue weighted by Crippen LogP contribution is 2.35. The minimum Gasteiger partial charge on any atom is -0.339 e. The summed E-state index contributed by atoms with van der Waals surface area (Å²) in [4.78, 5) is 52.6. The van der Waals surface area contributed by atoms with Crippen molar-refractivity contribution in [2.45, 2.75) is 59.0 Å². The molecule has 4 unspecified atom stereocenters. The fraction of sp³-hybridized carbons (Fsp3) is 0.542. The number of hydrogen-bond acceptors (Lipinski definition) is 5. The van der Waals surface area contributed by atoms with Gasteiger partial charge in [0.1, 0.15) is 0 Å². The predicted molar refractivity (Wildman–Crippen MR) is 123 cm³/mol. The van der Waals surface area contributed by atoms with Crippen LogP contribution in [0.4, 0.5) is 0 Å². The fourth-order valence-electron chi connectivity index (χ4n) is 5.12. The molecule has 2 fully saturated rings. The van der Waals surface area contributed by atoms with Crippen LogP contribution in [-0.4, -0.2) is 45.0 Å². The minimum absolute atomic E-state index is 0.00453. The number of aromatic nitrogens is 2. The highest BCUT2D eigenvalue weighted by molar-refractivity contribution is 6.05. The van der Waals surface area contributed by atoms with Crippen molar-refractivity contribution >= 4 is 28.5 Å². The molecule has 9 nitrogen and oxygen atoms in total. The van der Waals surface area contributed by atoms with Gasteiger partial charge in [-0.3, -0.25) is 30.0 Å². The van der Waals surface area contributed by atoms with Gasteiger partial charge in [0.2, 0.25) is 11.8 Å². The standard InChI is InChI=1S/C24H31N5O4/c1-4-29-24(33)18-10-6-5-9-17(18)21(27-29)23(32)26-25-22(31)16-12-20(30)28(13-16)19-11-7-8-14(2)15(19)3/h5-6,9-10,14-16,19H,4,7-8,11-13H2,1-3H3,(H,25,31)(H,26,32). The topological polar surface area (TPSA) is 113 Å². The van der Waals surface area contributed by atoms with Crippen LogP contribution < -0.4 is 16.4 Å². The van der Waals surface area contributed by atoms with E-state index in [-0.39, 0.29) is 29.6 Å². The van der Waals surface area contributed by atoms with Crippen molar-refractivity contribution in [1.29, 1.82) is 0 Å². The van der Waals surface area contributed by atoms with Crippen LogP contribution in [0, 0.1) is 17.8 Å². The van der Waals surface area contributed by atoms with Gasteiger partial charge in [0.05, 0.1) is 11.3 Å². The van der Waals surface area contributed by atoms with Crippen LogP contribution in [0.25, 0.3) is 10.8 Å². The Hall–Kier alpha value is -3.23. The number of hydrogen-bond donors (Lipinski definition) is 2. The Morgan fingerprint density at radius 3 is 2.55 bits per heavy atom. The Labute approximate surface area is 192 Å². The average Bonchev–Trinajstić information content (AvgIpc) is 3.21. The number of nitrogens with one attached hydrogen (secondary N) is 2. The zero-order valence-corrected chi connectivity index (χ0v) is 19.3. The van der Waals surface area contributed by atoms with E-state index in [1.54, 1.807) is 31.2 Å². The van der Waals surface area contributed by atoms with Gasteiger partial charge in [0, 0.05) is 30.9 Å². The maximum absolute atomic E-state index is 12.8. The monoisotopic (exact) mass is 453 g/mol. The Morgan fingerprint density at radius 2 is 1.82 bits per heavy atom. The third kappa shape index (κ3) is 4.36. The van der Waals surface area contributed by atoms with Gasteiger partial charge in [-0.1, -0.05) is 44.9 Å². The normalized spacial score (nSPS) is 25.3. The summed E-state index contributed by atoms with van der Waals surface area (Å²) in [6.07, 6.45) is 3.37. The van der Waals surface area contributed by atoms with Crippen molar-refractivity contribution in [2.75, 3.05) is 6.54 Å². The molecular formula is C24H31N5O4. The van der Waals surface area contributed by atoms with Gasteiger partial charge < -0.3 is 4.90 Å². The molecule has 1 saturated heterocycles. The van der Waals surface area contributed by atoms with E-state index in [9.17, 15) is 19.2 Å². The first kappa shape index (κ1) is 22.9. The third-order valence-corrected chi connectivity index (χ3v) is 7.27. The van der Waals surface area contributed by atoms with Crippen LogP contribution in [-0.2, 0) is 16.1 Å². The van der Waals surface area contributed by atoms with Crippen molar-refractivity contribution in [3.05, 3.63) is 40.3 Å². The Bertz CT molecular complexity index is 1140. The number of nitrogens with zero attached hydrogens (tertiary/aromatic N) is 3. The first-order valence-electron chi connectivity index (χ1n) is 11.7. The second-order valence-corrected chi connectivity index (χ2v) is 9.24. The number of benzene rings is 1. The summed E-state index contributed by atoms with van der Waals surface area (Å²) in [5.41, 5.74) is 4.66. The highest BCUT2D eigenvalue weighted by Gasteiger charge is 2.41. The summed E-state index contributed by atoms with van der Waals surface area (Å²) >= 11 is 0. The zero-order chi connectivity index (χ0) is 23.7. The van der Waals surface area contributed by atoms with Crippen LogP contribution >= 0.6 is 0 Å². The first-order chi connectivity index (χ1) is 15.8. The van der Waals surface area contributed by atoms with Crippen LogP contribution in [0.1, 0.15) is 56.9 Å². The maximum atomic E-state index is 12.8. The summed E-state index contributed by atoms with van der Waals surface area (Å²) in [7, 11) is 0. The van der Waals surface area contributed by atoms with Gasteiger partial charge in [0.15, 0.2) is 5.69 Å². The van der Waals surface area contributed by atoms with E-state index in [2.05, 4.69) is 29.8 Å². The lowest BCUT2D eigenvalue weighted by molar-refractivity contribution is -0.132. The quantitative estimate of drug-likeness (QED) is 0.686. The molecule has 1 aliphatic heterocycles. The highest BCUT2D eigenvalue weighted by atomic mass is 16.2. The number of aryl methyl sites for hydroxylation is 1. The largest absolute Gasteiger partial charge is 0.339 e. The van der Waals surface area contributed by atoms with Gasteiger partial charge in [-0.2, -0.15) is 5.10 Å². The molecule has 33 heavy (non-hydrogen) atoms. The summed E-state index contributed by atoms with van der Waals surface area (Å²) < 4.78 is 1.22. The third-order valence-electron chi connectivity index (χ3n) is 7.27. The molecule has 4 rings (SSSR count). The molecule has 9 heteroatoms. The SMILES string of the molecule is CCn1nc(C(=O)NNC(=O)C2CC(=O)N(C3CCCC(C)C3C)C2)c2ccccc2c1=O. The lowest BCUT2D eigenvalue weighted by Crippen LogP contribution is -2.47. The van der Waals surface area contributed by atoms with E-state index >= 15 is 0 Å². The Kier molecular flexibility index (Phi) is 6.49. The molecule has 3 amide bonds. The molecule has 2 N–H and O–H groups in total. The second kappa shape index (κ2) is 9.33. The van der Waals surface area contributed by atoms with Gasteiger partial charge in [-0.15, -0.1) is 0 Å². The number of amides is 3. The van der Waals surface area contributed by atoms with Crippen LogP contribution in [0.3, 0.4) is 0 Å². The molecule has 2 aliphatic rings. The van der Waals surface area contributed by atoms with E-state index in [0.717, 1.165) is 12.8 Å². The molecule has 1 aliphatic carbocycles. The molecule has 1 aromatic heterocycles. The Morgan fingerprint density at radius 1 is 1.09 bits per heavy atom. The van der Waals surface area contributed by atoms with Gasteiger partial charge >= 0.3 is 0 Å². The molecule has 2 aromatic rings. The van der Waals surface area contributed by atoms with Crippen molar-refractivity contribution in [2.24, 2.45) is 17.8 Å². The smallest absolute Gasteiger partial charge is 0.290 e. The average molecular weight is 454 g/mol. The maximum Gasteiger partial charge on any atom is 0.290 e. The van der Waals surface area contributed by atoms with E-state index in [1.165, 1.54) is 11.1 Å². The van der Waals surface area contributed by atoms with Crippen LogP contribution in [0.2, 0.25) is 0 Å². The predicted octanol–water partition coefficient (Wildman–Crippen LogP) is 1.85. The van der Waals surface area contributed by atoms with Crippen molar-refractivity contribution in [3.63, 3.8) is 0 Å². The van der Waals surface area contributed by atoms with Crippen molar-refractivity contribution in [1.82, 2.24) is 25.5 Å². The lowest BCUT2D eigenvalue weighted by Gasteiger charge is -2.40. The second-order valence-electron chi connectivity index (χ2n) is 9.24. The lowest BCUT2D eigenvalue weighted by atomic mass is 9.77. The summed E-state index contributed by atoms with van der Waals surface area (Å²) in [6.45, 7) is 6.85. The number of carbonyl (C=O) groups is 3. The van der Waals surface area contributed by atoms with Gasteiger partial charge in [-0.25, -0.2) is 4.68 Å². The molecule has 1 saturated carbocycles.